The summed E-state index contributed by atoms with van der Waals surface area (Å²) in [5.41, 5.74) is 10.2. The third kappa shape index (κ3) is 4.00. The Kier molecular flexibility index (Phi) is 5.06. The average Bonchev–Trinajstić information content (AvgIpc) is 3.22. The number of hydrogen-bond donors (Lipinski definition) is 3. The summed E-state index contributed by atoms with van der Waals surface area (Å²) in [7, 11) is 0. The number of aromatic nitrogens is 3. The minimum Gasteiger partial charge on any atom is -0.346 e. The van der Waals surface area contributed by atoms with E-state index in [0.717, 1.165) is 16.6 Å². The molecule has 0 aliphatic carbocycles. The number of anilines is 1. The molecule has 29 heavy (non-hydrogen) atoms. The third-order valence-corrected chi connectivity index (χ3v) is 4.50. The van der Waals surface area contributed by atoms with Gasteiger partial charge in [-0.25, -0.2) is 9.97 Å². The Balaban J connectivity index is 1.66. The van der Waals surface area contributed by atoms with E-state index in [1.807, 2.05) is 37.3 Å². The van der Waals surface area contributed by atoms with E-state index in [1.165, 1.54) is 0 Å². The number of nitrogens with zero attached hydrogens (tertiary/aromatic N) is 2. The second kappa shape index (κ2) is 7.97. The molecule has 0 radical (unpaired) electrons. The lowest BCUT2D eigenvalue weighted by atomic mass is 9.99. The number of rotatable bonds is 3. The summed E-state index contributed by atoms with van der Waals surface area (Å²) < 4.78 is 0. The van der Waals surface area contributed by atoms with Gasteiger partial charge in [-0.05, 0) is 54.8 Å². The van der Waals surface area contributed by atoms with Gasteiger partial charge >= 0.3 is 0 Å². The number of nitrogens with two attached hydrogens (primary N) is 1. The lowest BCUT2D eigenvalue weighted by Crippen LogP contribution is -2.14. The van der Waals surface area contributed by atoms with Crippen molar-refractivity contribution in [3.05, 3.63) is 89.5 Å². The number of benzene rings is 1. The van der Waals surface area contributed by atoms with Crippen molar-refractivity contribution in [1.82, 2.24) is 15.0 Å². The Morgan fingerprint density at radius 1 is 1.10 bits per heavy atom. The van der Waals surface area contributed by atoms with E-state index in [-0.39, 0.29) is 11.9 Å². The molecule has 0 aliphatic rings. The molecule has 1 amide bonds. The number of hydrogen-bond acceptors (Lipinski definition) is 4. The quantitative estimate of drug-likeness (QED) is 0.472. The van der Waals surface area contributed by atoms with Crippen molar-refractivity contribution >= 4 is 22.6 Å². The topological polar surface area (TPSA) is 96.7 Å². The molecule has 1 unspecified atom stereocenters. The van der Waals surface area contributed by atoms with Crippen LogP contribution in [0.25, 0.3) is 11.0 Å². The number of aromatic amines is 1. The summed E-state index contributed by atoms with van der Waals surface area (Å²) in [6.45, 7) is 1.89. The molecule has 0 bridgehead atoms. The predicted octanol–water partition coefficient (Wildman–Crippen LogP) is 3.63. The van der Waals surface area contributed by atoms with E-state index in [1.54, 1.807) is 36.8 Å². The van der Waals surface area contributed by atoms with Gasteiger partial charge in [0.2, 0.25) is 0 Å². The lowest BCUT2D eigenvalue weighted by molar-refractivity contribution is 0.102. The molecular formula is C23H19N5O. The van der Waals surface area contributed by atoms with Crippen LogP contribution in [0.1, 0.15) is 40.1 Å². The van der Waals surface area contributed by atoms with Gasteiger partial charge < -0.3 is 16.0 Å². The molecule has 6 nitrogen and oxygen atoms in total. The second-order valence-corrected chi connectivity index (χ2v) is 6.61. The van der Waals surface area contributed by atoms with Crippen molar-refractivity contribution in [2.24, 2.45) is 5.73 Å². The number of carbonyl (C=O) groups excluding carboxylic acids is 1. The summed E-state index contributed by atoms with van der Waals surface area (Å²) in [5, 5.41) is 3.80. The molecule has 142 valence electrons. The fraction of sp³-hybridized carbons (Fsp3) is 0.0870. The van der Waals surface area contributed by atoms with E-state index in [2.05, 4.69) is 32.1 Å². The molecule has 0 fully saturated rings. The van der Waals surface area contributed by atoms with E-state index in [0.29, 0.717) is 22.5 Å². The van der Waals surface area contributed by atoms with Crippen LogP contribution in [0.3, 0.4) is 0 Å². The highest BCUT2D eigenvalue weighted by Crippen LogP contribution is 2.22. The normalized spacial score (nSPS) is 11.5. The first kappa shape index (κ1) is 18.4. The number of H-pyrrole nitrogens is 1. The minimum absolute atomic E-state index is 0.208. The van der Waals surface area contributed by atoms with Gasteiger partial charge in [-0.2, -0.15) is 0 Å². The number of fused-ring (bicyclic) bond motifs is 1. The van der Waals surface area contributed by atoms with E-state index < -0.39 is 0 Å². The largest absolute Gasteiger partial charge is 0.346 e. The van der Waals surface area contributed by atoms with Crippen LogP contribution in [-0.4, -0.2) is 20.9 Å². The van der Waals surface area contributed by atoms with Gasteiger partial charge in [0.25, 0.3) is 5.91 Å². The number of pyridine rings is 2. The van der Waals surface area contributed by atoms with E-state index >= 15 is 0 Å². The fourth-order valence-electron chi connectivity index (χ4n) is 3.04. The van der Waals surface area contributed by atoms with Crippen LogP contribution in [0.15, 0.2) is 67.1 Å². The molecule has 1 atom stereocenters. The van der Waals surface area contributed by atoms with Crippen molar-refractivity contribution in [2.45, 2.75) is 13.0 Å². The summed E-state index contributed by atoms with van der Waals surface area (Å²) in [6.07, 6.45) is 5.13. The van der Waals surface area contributed by atoms with Crippen LogP contribution in [0.2, 0.25) is 0 Å². The zero-order valence-electron chi connectivity index (χ0n) is 15.8. The number of carbonyl (C=O) groups is 1. The first-order valence-corrected chi connectivity index (χ1v) is 9.18. The highest BCUT2D eigenvalue weighted by Gasteiger charge is 2.13. The molecule has 4 N–H and O–H groups in total. The SMILES string of the molecule is CC(N)c1ccc(C(=O)Nc2ccnc3[nH]ccc23)cc1C#Cc1ccccn1. The molecule has 0 spiro atoms. The molecule has 0 saturated carbocycles. The Morgan fingerprint density at radius 2 is 2.00 bits per heavy atom. The zero-order chi connectivity index (χ0) is 20.2. The van der Waals surface area contributed by atoms with Crippen LogP contribution in [-0.2, 0) is 0 Å². The Labute approximate surface area is 168 Å². The van der Waals surface area contributed by atoms with Crippen molar-refractivity contribution in [3.8, 4) is 11.8 Å². The van der Waals surface area contributed by atoms with Crippen LogP contribution < -0.4 is 11.1 Å². The molecule has 4 rings (SSSR count). The third-order valence-electron chi connectivity index (χ3n) is 4.50. The predicted molar refractivity (Wildman–Crippen MR) is 113 cm³/mol. The van der Waals surface area contributed by atoms with Gasteiger partial charge in [-0.15, -0.1) is 0 Å². The monoisotopic (exact) mass is 381 g/mol. The van der Waals surface area contributed by atoms with Gasteiger partial charge in [0.15, 0.2) is 0 Å². The molecular weight excluding hydrogens is 362 g/mol. The number of nitrogens with one attached hydrogen (secondary N) is 2. The van der Waals surface area contributed by atoms with Crippen molar-refractivity contribution < 1.29 is 4.79 Å². The lowest BCUT2D eigenvalue weighted by Gasteiger charge is -2.11. The molecule has 0 saturated heterocycles. The van der Waals surface area contributed by atoms with Gasteiger partial charge in [0.05, 0.1) is 5.69 Å². The maximum atomic E-state index is 12.9. The first-order valence-electron chi connectivity index (χ1n) is 9.18. The van der Waals surface area contributed by atoms with Crippen molar-refractivity contribution in [1.29, 1.82) is 0 Å². The van der Waals surface area contributed by atoms with E-state index in [4.69, 9.17) is 5.73 Å². The van der Waals surface area contributed by atoms with Gasteiger partial charge in [0, 0.05) is 41.1 Å². The summed E-state index contributed by atoms with van der Waals surface area (Å²) in [5.74, 6) is 5.91. The summed E-state index contributed by atoms with van der Waals surface area (Å²) >= 11 is 0. The standard InChI is InChI=1S/C23H19N5O/c1-15(24)19-8-6-17(14-16(19)5-7-18-4-2-3-11-25-18)23(29)28-21-10-13-27-22-20(21)9-12-26-22/h2-4,6,8-15H,24H2,1H3,(H2,26,27,28,29). The van der Waals surface area contributed by atoms with Gasteiger partial charge in [-0.1, -0.05) is 18.1 Å². The molecule has 3 heterocycles. The Bertz CT molecular complexity index is 1230. The zero-order valence-corrected chi connectivity index (χ0v) is 15.8. The Morgan fingerprint density at radius 3 is 2.79 bits per heavy atom. The maximum absolute atomic E-state index is 12.9. The number of amides is 1. The Hall–Kier alpha value is -3.95. The molecule has 6 heteroatoms. The molecule has 1 aromatic carbocycles. The van der Waals surface area contributed by atoms with Gasteiger partial charge in [0.1, 0.15) is 11.3 Å². The maximum Gasteiger partial charge on any atom is 0.255 e. The fourth-order valence-corrected chi connectivity index (χ4v) is 3.04. The van der Waals surface area contributed by atoms with Crippen molar-refractivity contribution in [3.63, 3.8) is 0 Å². The van der Waals surface area contributed by atoms with Gasteiger partial charge in [-0.3, -0.25) is 4.79 Å². The summed E-state index contributed by atoms with van der Waals surface area (Å²) in [6, 6.07) is 14.4. The highest BCUT2D eigenvalue weighted by atomic mass is 16.1. The highest BCUT2D eigenvalue weighted by molar-refractivity contribution is 6.08. The van der Waals surface area contributed by atoms with Crippen molar-refractivity contribution in [2.75, 3.05) is 5.32 Å². The molecule has 4 aromatic rings. The second-order valence-electron chi connectivity index (χ2n) is 6.61. The molecule has 0 aliphatic heterocycles. The van der Waals surface area contributed by atoms with Crippen LogP contribution in [0.5, 0.6) is 0 Å². The first-order chi connectivity index (χ1) is 14.1. The molecule has 3 aromatic heterocycles. The van der Waals surface area contributed by atoms with Crippen LogP contribution >= 0.6 is 0 Å². The summed E-state index contributed by atoms with van der Waals surface area (Å²) in [4.78, 5) is 24.3. The van der Waals surface area contributed by atoms with E-state index in [9.17, 15) is 4.79 Å². The van der Waals surface area contributed by atoms with Crippen LogP contribution in [0, 0.1) is 11.8 Å². The van der Waals surface area contributed by atoms with Crippen LogP contribution in [0.4, 0.5) is 5.69 Å². The minimum atomic E-state index is -0.226. The smallest absolute Gasteiger partial charge is 0.255 e. The average molecular weight is 381 g/mol.